The van der Waals surface area contributed by atoms with E-state index in [4.69, 9.17) is 15.2 Å². The van der Waals surface area contributed by atoms with Crippen LogP contribution in [-0.4, -0.2) is 39.0 Å². The van der Waals surface area contributed by atoms with Gasteiger partial charge in [-0.05, 0) is 53.3 Å². The summed E-state index contributed by atoms with van der Waals surface area (Å²) in [5.74, 6) is 0.421. The summed E-state index contributed by atoms with van der Waals surface area (Å²) in [4.78, 5) is 25.0. The van der Waals surface area contributed by atoms with Crippen LogP contribution in [0.25, 0.3) is 11.1 Å². The number of nitrogens with two attached hydrogens (primary N) is 1. The van der Waals surface area contributed by atoms with Gasteiger partial charge in [0, 0.05) is 37.1 Å². The average Bonchev–Trinajstić information content (AvgIpc) is 3.59. The predicted molar refractivity (Wildman–Crippen MR) is 201 cm³/mol. The number of benzene rings is 4. The lowest BCUT2D eigenvalue weighted by Gasteiger charge is -2.36. The smallest absolute Gasteiger partial charge is 0.224 e. The number of para-hydroxylation sites is 2. The summed E-state index contributed by atoms with van der Waals surface area (Å²) in [7, 11) is 0. The zero-order valence-electron chi connectivity index (χ0n) is 28.3. The minimum absolute atomic E-state index is 0.00781. The molecule has 1 aliphatic heterocycles. The van der Waals surface area contributed by atoms with E-state index in [1.54, 1.807) is 41.3 Å². The zero-order valence-corrected chi connectivity index (χ0v) is 29.9. The Morgan fingerprint density at radius 2 is 1.63 bits per heavy atom. The zero-order chi connectivity index (χ0) is 35.6. The maximum Gasteiger partial charge on any atom is 0.224 e. The first-order valence-corrected chi connectivity index (χ1v) is 18.7. The van der Waals surface area contributed by atoms with Crippen LogP contribution in [0.1, 0.15) is 65.3 Å². The first kappa shape index (κ1) is 36.2. The molecule has 264 valence electrons. The molecule has 0 saturated carbocycles. The first-order chi connectivity index (χ1) is 24.8. The monoisotopic (exact) mass is 723 g/mol. The number of aliphatic hydroxyl groups excluding tert-OH is 1. The number of thioether (sulfide) groups is 1. The van der Waals surface area contributed by atoms with E-state index in [0.717, 1.165) is 42.7 Å². The van der Waals surface area contributed by atoms with Gasteiger partial charge in [-0.15, -0.1) is 10.2 Å². The standard InChI is InChI=1S/C39H41N5O5S2/c1-25-43-44-39(51-25)50-24-31-21-35(28-15-13-26(23-45)14-16-28)49-38(48-31)29-19-17-27(18-20-29)32-8-3-2-7-30(32)22-41-36(46)11-6-12-37(47)42-34-10-5-4-9-33(34)40/h2-5,7-10,13-20,31,35,38,45H,6,11-12,21-24,40H2,1H3,(H,41,46)(H,42,47)/t31-,35+,38+/m1/s1. The highest BCUT2D eigenvalue weighted by Gasteiger charge is 2.32. The maximum absolute atomic E-state index is 12.7. The Labute approximate surface area is 305 Å². The highest BCUT2D eigenvalue weighted by Crippen LogP contribution is 2.40. The van der Waals surface area contributed by atoms with Crippen molar-refractivity contribution in [3.63, 3.8) is 0 Å². The fourth-order valence-electron chi connectivity index (χ4n) is 5.81. The summed E-state index contributed by atoms with van der Waals surface area (Å²) in [6.07, 6.45) is 0.738. The topological polar surface area (TPSA) is 149 Å². The van der Waals surface area contributed by atoms with Crippen molar-refractivity contribution >= 4 is 46.3 Å². The second kappa shape index (κ2) is 17.6. The number of nitrogen functional groups attached to an aromatic ring is 1. The lowest BCUT2D eigenvalue weighted by molar-refractivity contribution is -0.245. The fraction of sp³-hybridized carbons (Fsp3) is 0.282. The van der Waals surface area contributed by atoms with Crippen LogP contribution in [0.3, 0.4) is 0 Å². The van der Waals surface area contributed by atoms with Crippen molar-refractivity contribution in [2.45, 2.75) is 68.6 Å². The number of rotatable bonds is 14. The van der Waals surface area contributed by atoms with Gasteiger partial charge in [0.2, 0.25) is 11.8 Å². The van der Waals surface area contributed by atoms with Crippen molar-refractivity contribution in [2.75, 3.05) is 16.8 Å². The van der Waals surface area contributed by atoms with Crippen molar-refractivity contribution in [3.05, 3.63) is 124 Å². The average molecular weight is 724 g/mol. The van der Waals surface area contributed by atoms with Gasteiger partial charge in [0.05, 0.1) is 30.2 Å². The normalized spacial score (nSPS) is 17.2. The Kier molecular flexibility index (Phi) is 12.5. The van der Waals surface area contributed by atoms with Gasteiger partial charge < -0.3 is 30.9 Å². The number of carbonyl (C=O) groups excluding carboxylic acids is 2. The summed E-state index contributed by atoms with van der Waals surface area (Å²) < 4.78 is 14.0. The first-order valence-electron chi connectivity index (χ1n) is 16.9. The van der Waals surface area contributed by atoms with Gasteiger partial charge in [-0.2, -0.15) is 0 Å². The van der Waals surface area contributed by atoms with Gasteiger partial charge in [0.25, 0.3) is 0 Å². The van der Waals surface area contributed by atoms with E-state index in [1.807, 2.05) is 85.8 Å². The summed E-state index contributed by atoms with van der Waals surface area (Å²) >= 11 is 3.22. The molecule has 6 rings (SSSR count). The third-order valence-electron chi connectivity index (χ3n) is 8.54. The van der Waals surface area contributed by atoms with Crippen LogP contribution >= 0.6 is 23.1 Å². The molecule has 51 heavy (non-hydrogen) atoms. The molecule has 0 unspecified atom stereocenters. The molecule has 1 saturated heterocycles. The number of hydrogen-bond acceptors (Lipinski definition) is 10. The SMILES string of the molecule is Cc1nnc(SC[C@H]2C[C@@H](c3ccc(CO)cc3)O[C@@H](c3ccc(-c4ccccc4CNC(=O)CCCC(=O)Nc4ccccc4N)cc3)O2)s1. The minimum Gasteiger partial charge on any atom is -0.397 e. The molecule has 1 aromatic heterocycles. The number of anilines is 2. The van der Waals surface area contributed by atoms with Crippen molar-refractivity contribution in [2.24, 2.45) is 0 Å². The molecule has 0 aliphatic carbocycles. The van der Waals surface area contributed by atoms with E-state index in [1.165, 1.54) is 0 Å². The summed E-state index contributed by atoms with van der Waals surface area (Å²) in [5.41, 5.74) is 12.8. The number of aliphatic hydroxyl groups is 1. The van der Waals surface area contributed by atoms with Crippen LogP contribution in [-0.2, 0) is 32.2 Å². The summed E-state index contributed by atoms with van der Waals surface area (Å²) in [6.45, 7) is 2.30. The number of hydrogen-bond donors (Lipinski definition) is 4. The van der Waals surface area contributed by atoms with E-state index >= 15 is 0 Å². The third kappa shape index (κ3) is 10.0. The van der Waals surface area contributed by atoms with Crippen LogP contribution in [0, 0.1) is 6.92 Å². The number of carbonyl (C=O) groups is 2. The summed E-state index contributed by atoms with van der Waals surface area (Å²) in [5, 5.41) is 24.7. The molecule has 10 nitrogen and oxygen atoms in total. The van der Waals surface area contributed by atoms with Crippen molar-refractivity contribution in [3.8, 4) is 11.1 Å². The van der Waals surface area contributed by atoms with Crippen molar-refractivity contribution in [1.82, 2.24) is 15.5 Å². The molecule has 3 atom stereocenters. The van der Waals surface area contributed by atoms with Crippen LogP contribution in [0.15, 0.2) is 101 Å². The number of aromatic nitrogens is 2. The van der Waals surface area contributed by atoms with E-state index in [0.29, 0.717) is 36.5 Å². The maximum atomic E-state index is 12.7. The van der Waals surface area contributed by atoms with Crippen LogP contribution in [0.2, 0.25) is 0 Å². The van der Waals surface area contributed by atoms with Crippen LogP contribution in [0.5, 0.6) is 0 Å². The molecule has 5 N–H and O–H groups in total. The highest BCUT2D eigenvalue weighted by molar-refractivity contribution is 8.01. The van der Waals surface area contributed by atoms with Gasteiger partial charge in [-0.1, -0.05) is 108 Å². The number of amides is 2. The molecule has 4 aromatic carbocycles. The largest absolute Gasteiger partial charge is 0.397 e. The molecule has 2 heterocycles. The molecule has 5 aromatic rings. The lowest BCUT2D eigenvalue weighted by atomic mass is 9.97. The van der Waals surface area contributed by atoms with Crippen molar-refractivity contribution < 1.29 is 24.2 Å². The number of aryl methyl sites for hydroxylation is 1. The van der Waals surface area contributed by atoms with E-state index in [2.05, 4.69) is 20.8 Å². The molecule has 12 heteroatoms. The third-order valence-corrected chi connectivity index (χ3v) is 10.6. The highest BCUT2D eigenvalue weighted by atomic mass is 32.2. The van der Waals surface area contributed by atoms with E-state index in [9.17, 15) is 14.7 Å². The van der Waals surface area contributed by atoms with Gasteiger partial charge in [0.1, 0.15) is 5.01 Å². The number of nitrogens with zero attached hydrogens (tertiary/aromatic N) is 2. The quantitative estimate of drug-likeness (QED) is 0.0682. The fourth-order valence-corrected chi connectivity index (χ4v) is 7.67. The molecular weight excluding hydrogens is 683 g/mol. The molecule has 2 amide bonds. The second-order valence-corrected chi connectivity index (χ2v) is 14.7. The predicted octanol–water partition coefficient (Wildman–Crippen LogP) is 7.35. The molecular formula is C39H41N5O5S2. The van der Waals surface area contributed by atoms with Gasteiger partial charge >= 0.3 is 0 Å². The summed E-state index contributed by atoms with van der Waals surface area (Å²) in [6, 6.07) is 31.1. The molecule has 0 spiro atoms. The van der Waals surface area contributed by atoms with E-state index in [-0.39, 0.29) is 43.5 Å². The Morgan fingerprint density at radius 3 is 2.37 bits per heavy atom. The van der Waals surface area contributed by atoms with Gasteiger partial charge in [-0.3, -0.25) is 9.59 Å². The lowest BCUT2D eigenvalue weighted by Crippen LogP contribution is -2.31. The second-order valence-electron chi connectivity index (χ2n) is 12.3. The Bertz CT molecular complexity index is 1920. The number of ether oxygens (including phenoxy) is 2. The Morgan fingerprint density at radius 1 is 0.902 bits per heavy atom. The molecule has 1 fully saturated rings. The van der Waals surface area contributed by atoms with Crippen LogP contribution in [0.4, 0.5) is 11.4 Å². The molecule has 0 radical (unpaired) electrons. The van der Waals surface area contributed by atoms with E-state index < -0.39 is 6.29 Å². The molecule has 1 aliphatic rings. The Hall–Kier alpha value is -4.59. The van der Waals surface area contributed by atoms with Crippen LogP contribution < -0.4 is 16.4 Å². The minimum atomic E-state index is -0.571. The van der Waals surface area contributed by atoms with Gasteiger partial charge in [0.15, 0.2) is 10.6 Å². The van der Waals surface area contributed by atoms with Gasteiger partial charge in [-0.25, -0.2) is 0 Å². The Balaban J connectivity index is 1.07. The van der Waals surface area contributed by atoms with Crippen molar-refractivity contribution in [1.29, 1.82) is 0 Å². The number of nitrogens with one attached hydrogen (secondary N) is 2. The molecule has 0 bridgehead atoms.